The third kappa shape index (κ3) is 4.70. The summed E-state index contributed by atoms with van der Waals surface area (Å²) in [6, 6.07) is 14.6. The molecule has 4 heteroatoms. The molecule has 1 unspecified atom stereocenters. The molecule has 0 spiro atoms. The van der Waals surface area contributed by atoms with E-state index < -0.39 is 0 Å². The van der Waals surface area contributed by atoms with Gasteiger partial charge >= 0.3 is 0 Å². The zero-order valence-corrected chi connectivity index (χ0v) is 18.2. The molecule has 0 amide bonds. The minimum atomic E-state index is 0.108. The van der Waals surface area contributed by atoms with Crippen LogP contribution < -0.4 is 9.47 Å². The number of ether oxygens (including phenoxy) is 2. The van der Waals surface area contributed by atoms with E-state index >= 15 is 0 Å². The molecule has 0 N–H and O–H groups in total. The first-order valence-electron chi connectivity index (χ1n) is 11.3. The van der Waals surface area contributed by atoms with E-state index in [1.54, 1.807) is 7.11 Å². The smallest absolute Gasteiger partial charge is 0.166 e. The number of carbonyl (C=O) groups is 1. The molecule has 30 heavy (non-hydrogen) atoms. The molecule has 0 saturated carbocycles. The van der Waals surface area contributed by atoms with Gasteiger partial charge in [0.25, 0.3) is 0 Å². The molecule has 4 nitrogen and oxygen atoms in total. The third-order valence-electron chi connectivity index (χ3n) is 6.53. The van der Waals surface area contributed by atoms with Crippen molar-refractivity contribution in [3.63, 3.8) is 0 Å². The topological polar surface area (TPSA) is 38.8 Å². The number of methoxy groups -OCH3 is 1. The minimum absolute atomic E-state index is 0.108. The Morgan fingerprint density at radius 1 is 1.07 bits per heavy atom. The number of rotatable bonds is 8. The van der Waals surface area contributed by atoms with Gasteiger partial charge in [-0.15, -0.1) is 0 Å². The van der Waals surface area contributed by atoms with Crippen LogP contribution in [0, 0.1) is 11.8 Å². The highest BCUT2D eigenvalue weighted by molar-refractivity contribution is 6.02. The molecule has 1 aliphatic carbocycles. The molecular formula is C26H33NO3. The van der Waals surface area contributed by atoms with Crippen LogP contribution in [0.1, 0.15) is 54.1 Å². The first-order valence-corrected chi connectivity index (χ1v) is 11.3. The Kier molecular flexibility index (Phi) is 6.73. The van der Waals surface area contributed by atoms with E-state index in [9.17, 15) is 4.79 Å². The fraction of sp³-hybridized carbons (Fsp3) is 0.500. The predicted molar refractivity (Wildman–Crippen MR) is 119 cm³/mol. The van der Waals surface area contributed by atoms with Crippen molar-refractivity contribution in [1.82, 2.24) is 4.90 Å². The number of piperidine rings is 1. The van der Waals surface area contributed by atoms with Crippen molar-refractivity contribution < 1.29 is 14.3 Å². The average Bonchev–Trinajstić information content (AvgIpc) is 3.08. The highest BCUT2D eigenvalue weighted by Gasteiger charge is 2.34. The van der Waals surface area contributed by atoms with Crippen molar-refractivity contribution in [2.75, 3.05) is 26.8 Å². The van der Waals surface area contributed by atoms with Crippen molar-refractivity contribution in [2.45, 2.75) is 45.6 Å². The largest absolute Gasteiger partial charge is 0.493 e. The summed E-state index contributed by atoms with van der Waals surface area (Å²) in [6.07, 6.45) is 5.15. The lowest BCUT2D eigenvalue weighted by Gasteiger charge is -2.32. The maximum absolute atomic E-state index is 13.1. The van der Waals surface area contributed by atoms with Crippen LogP contribution in [-0.4, -0.2) is 37.5 Å². The highest BCUT2D eigenvalue weighted by Crippen LogP contribution is 2.39. The van der Waals surface area contributed by atoms with Crippen LogP contribution >= 0.6 is 0 Å². The average molecular weight is 408 g/mol. The zero-order valence-electron chi connectivity index (χ0n) is 18.2. The van der Waals surface area contributed by atoms with Crippen molar-refractivity contribution in [3.8, 4) is 11.5 Å². The van der Waals surface area contributed by atoms with Crippen LogP contribution in [0.2, 0.25) is 0 Å². The Morgan fingerprint density at radius 2 is 1.83 bits per heavy atom. The van der Waals surface area contributed by atoms with Crippen LogP contribution in [0.15, 0.2) is 42.5 Å². The number of hydrogen-bond acceptors (Lipinski definition) is 4. The molecular weight excluding hydrogens is 374 g/mol. The maximum atomic E-state index is 13.1. The Balaban J connectivity index is 1.34. The van der Waals surface area contributed by atoms with E-state index in [2.05, 4.69) is 42.2 Å². The van der Waals surface area contributed by atoms with Crippen LogP contribution in [0.4, 0.5) is 0 Å². The van der Waals surface area contributed by atoms with Crippen LogP contribution in [-0.2, 0) is 13.0 Å². The SMILES string of the molecule is CCCOc1cc2c(cc1OC)C(=O)C(CC1CCN(Cc3ccccc3)CC1)C2. The summed E-state index contributed by atoms with van der Waals surface area (Å²) in [5, 5.41) is 0. The Morgan fingerprint density at radius 3 is 2.53 bits per heavy atom. The second-order valence-electron chi connectivity index (χ2n) is 8.71. The molecule has 1 heterocycles. The Hall–Kier alpha value is -2.33. The summed E-state index contributed by atoms with van der Waals surface area (Å²) < 4.78 is 11.3. The number of likely N-dealkylation sites (tertiary alicyclic amines) is 1. The number of fused-ring (bicyclic) bond motifs is 1. The second kappa shape index (κ2) is 9.65. The van der Waals surface area contributed by atoms with Crippen LogP contribution in [0.5, 0.6) is 11.5 Å². The lowest BCUT2D eigenvalue weighted by Crippen LogP contribution is -2.34. The van der Waals surface area contributed by atoms with Crippen molar-refractivity contribution in [3.05, 3.63) is 59.2 Å². The van der Waals surface area contributed by atoms with Crippen molar-refractivity contribution >= 4 is 5.78 Å². The van der Waals surface area contributed by atoms with Gasteiger partial charge in [0.05, 0.1) is 13.7 Å². The van der Waals surface area contributed by atoms with E-state index in [0.717, 1.165) is 55.8 Å². The maximum Gasteiger partial charge on any atom is 0.166 e. The molecule has 0 radical (unpaired) electrons. The molecule has 1 saturated heterocycles. The molecule has 1 fully saturated rings. The fourth-order valence-corrected chi connectivity index (χ4v) is 4.88. The van der Waals surface area contributed by atoms with E-state index in [1.165, 1.54) is 18.4 Å². The number of benzene rings is 2. The van der Waals surface area contributed by atoms with Gasteiger partial charge < -0.3 is 9.47 Å². The predicted octanol–water partition coefficient (Wildman–Crippen LogP) is 5.14. The highest BCUT2D eigenvalue weighted by atomic mass is 16.5. The van der Waals surface area contributed by atoms with Crippen LogP contribution in [0.3, 0.4) is 0 Å². The van der Waals surface area contributed by atoms with Crippen molar-refractivity contribution in [1.29, 1.82) is 0 Å². The van der Waals surface area contributed by atoms with Gasteiger partial charge in [-0.2, -0.15) is 0 Å². The molecule has 0 aromatic heterocycles. The Labute approximate surface area is 180 Å². The lowest BCUT2D eigenvalue weighted by atomic mass is 9.85. The van der Waals surface area contributed by atoms with Crippen LogP contribution in [0.25, 0.3) is 0 Å². The molecule has 1 aliphatic heterocycles. The minimum Gasteiger partial charge on any atom is -0.493 e. The van der Waals surface area contributed by atoms with E-state index in [-0.39, 0.29) is 11.7 Å². The normalized spacial score (nSPS) is 19.7. The molecule has 1 atom stereocenters. The summed E-state index contributed by atoms with van der Waals surface area (Å²) in [7, 11) is 1.64. The number of Topliss-reactive ketones (excluding diaryl/α,β-unsaturated/α-hetero) is 1. The summed E-state index contributed by atoms with van der Waals surface area (Å²) in [4.78, 5) is 15.6. The fourth-order valence-electron chi connectivity index (χ4n) is 4.88. The molecule has 0 bridgehead atoms. The lowest BCUT2D eigenvalue weighted by molar-refractivity contribution is 0.0895. The van der Waals surface area contributed by atoms with Gasteiger partial charge in [-0.05, 0) is 74.4 Å². The van der Waals surface area contributed by atoms with Gasteiger partial charge in [0.2, 0.25) is 0 Å². The van der Waals surface area contributed by atoms with Gasteiger partial charge in [-0.3, -0.25) is 9.69 Å². The number of nitrogens with zero attached hydrogens (tertiary/aromatic N) is 1. The summed E-state index contributed by atoms with van der Waals surface area (Å²) in [6.45, 7) is 6.02. The molecule has 4 rings (SSSR count). The van der Waals surface area contributed by atoms with Gasteiger partial charge in [-0.25, -0.2) is 0 Å². The van der Waals surface area contributed by atoms with E-state index in [4.69, 9.17) is 9.47 Å². The van der Waals surface area contributed by atoms with E-state index in [0.29, 0.717) is 18.3 Å². The monoisotopic (exact) mass is 407 g/mol. The zero-order chi connectivity index (χ0) is 20.9. The second-order valence-corrected chi connectivity index (χ2v) is 8.71. The number of hydrogen-bond donors (Lipinski definition) is 0. The number of ketones is 1. The molecule has 2 aliphatic rings. The molecule has 2 aromatic rings. The molecule has 160 valence electrons. The standard InChI is InChI=1S/C26H33NO3/c1-3-13-30-25-16-21-15-22(26(28)23(21)17-24(25)29-2)14-19-9-11-27(12-10-19)18-20-7-5-4-6-8-20/h4-8,16-17,19,22H,3,9-15,18H2,1-2H3. The van der Waals surface area contributed by atoms with E-state index in [1.807, 2.05) is 12.1 Å². The Bertz CT molecular complexity index is 856. The first kappa shape index (κ1) is 20.9. The quantitative estimate of drug-likeness (QED) is 0.607. The summed E-state index contributed by atoms with van der Waals surface area (Å²) in [5.41, 5.74) is 3.34. The van der Waals surface area contributed by atoms with Gasteiger partial charge in [0.1, 0.15) is 0 Å². The van der Waals surface area contributed by atoms with Gasteiger partial charge in [-0.1, -0.05) is 37.3 Å². The molecule has 2 aromatic carbocycles. The van der Waals surface area contributed by atoms with Gasteiger partial charge in [0.15, 0.2) is 17.3 Å². The third-order valence-corrected chi connectivity index (χ3v) is 6.53. The first-order chi connectivity index (χ1) is 14.7. The summed E-state index contributed by atoms with van der Waals surface area (Å²) in [5.74, 6) is 2.47. The van der Waals surface area contributed by atoms with Gasteiger partial charge in [0, 0.05) is 18.0 Å². The van der Waals surface area contributed by atoms with Crippen molar-refractivity contribution in [2.24, 2.45) is 11.8 Å². The number of carbonyl (C=O) groups excluding carboxylic acids is 1. The summed E-state index contributed by atoms with van der Waals surface area (Å²) >= 11 is 0.